The monoisotopic (exact) mass is 282 g/mol. The van der Waals surface area contributed by atoms with Crippen molar-refractivity contribution < 1.29 is 4.79 Å². The molecule has 0 bridgehead atoms. The normalized spacial score (nSPS) is 14.2. The number of anilines is 2. The Morgan fingerprint density at radius 2 is 1.90 bits per heavy atom. The molecular weight excluding hydrogens is 264 g/mol. The number of nitrogens with one attached hydrogen (secondary N) is 1. The number of aryl methyl sites for hydroxylation is 1. The van der Waals surface area contributed by atoms with Gasteiger partial charge in [-0.25, -0.2) is 4.98 Å². The van der Waals surface area contributed by atoms with E-state index in [1.54, 1.807) is 6.20 Å². The third-order valence-corrected chi connectivity index (χ3v) is 3.61. The van der Waals surface area contributed by atoms with Gasteiger partial charge in [-0.15, -0.1) is 0 Å². The highest BCUT2D eigenvalue weighted by atomic mass is 16.1. The maximum Gasteiger partial charge on any atom is 0.275 e. The number of nitrogens with zero attached hydrogens (tertiary/aromatic N) is 3. The number of amides is 1. The zero-order chi connectivity index (χ0) is 14.7. The first kappa shape index (κ1) is 13.5. The smallest absolute Gasteiger partial charge is 0.275 e. The van der Waals surface area contributed by atoms with Crippen LogP contribution in [0.4, 0.5) is 11.4 Å². The van der Waals surface area contributed by atoms with Crippen LogP contribution in [-0.2, 0) is 0 Å². The van der Waals surface area contributed by atoms with Crippen LogP contribution in [-0.4, -0.2) is 29.0 Å². The topological polar surface area (TPSA) is 58.1 Å². The molecular formula is C16H18N4O. The predicted octanol–water partition coefficient (Wildman–Crippen LogP) is 2.64. The van der Waals surface area contributed by atoms with Crippen LogP contribution in [0.1, 0.15) is 29.0 Å². The Hall–Kier alpha value is -2.43. The highest BCUT2D eigenvalue weighted by molar-refractivity contribution is 6.04. The number of hydrogen-bond donors (Lipinski definition) is 1. The van der Waals surface area contributed by atoms with Crippen LogP contribution in [0, 0.1) is 6.92 Å². The molecule has 1 fully saturated rings. The molecule has 0 saturated carbocycles. The highest BCUT2D eigenvalue weighted by Gasteiger charge is 2.17. The molecule has 1 aliphatic heterocycles. The van der Waals surface area contributed by atoms with E-state index >= 15 is 0 Å². The molecule has 1 aromatic carbocycles. The van der Waals surface area contributed by atoms with Crippen LogP contribution in [0.3, 0.4) is 0 Å². The second kappa shape index (κ2) is 5.91. The lowest BCUT2D eigenvalue weighted by Gasteiger charge is -2.21. The number of rotatable bonds is 3. The van der Waals surface area contributed by atoms with Crippen molar-refractivity contribution in [3.05, 3.63) is 48.0 Å². The van der Waals surface area contributed by atoms with E-state index in [4.69, 9.17) is 0 Å². The Labute approximate surface area is 124 Å². The molecule has 0 aliphatic carbocycles. The van der Waals surface area contributed by atoms with Gasteiger partial charge in [0.1, 0.15) is 5.69 Å². The lowest BCUT2D eigenvalue weighted by molar-refractivity contribution is 0.102. The van der Waals surface area contributed by atoms with Crippen molar-refractivity contribution in [3.8, 4) is 0 Å². The Kier molecular flexibility index (Phi) is 3.81. The highest BCUT2D eigenvalue weighted by Crippen LogP contribution is 2.28. The number of carbonyl (C=O) groups is 1. The zero-order valence-corrected chi connectivity index (χ0v) is 12.0. The van der Waals surface area contributed by atoms with Crippen molar-refractivity contribution in [1.82, 2.24) is 9.97 Å². The first-order valence-corrected chi connectivity index (χ1v) is 7.18. The minimum Gasteiger partial charge on any atom is -0.370 e. The molecule has 1 aromatic heterocycles. The van der Waals surface area contributed by atoms with E-state index in [1.807, 2.05) is 31.2 Å². The number of benzene rings is 1. The van der Waals surface area contributed by atoms with Crippen LogP contribution < -0.4 is 10.2 Å². The molecule has 5 nitrogen and oxygen atoms in total. The summed E-state index contributed by atoms with van der Waals surface area (Å²) in [5.41, 5.74) is 3.02. The maximum absolute atomic E-state index is 12.3. The lowest BCUT2D eigenvalue weighted by Crippen LogP contribution is -2.21. The molecule has 0 unspecified atom stereocenters. The van der Waals surface area contributed by atoms with E-state index in [0.29, 0.717) is 5.69 Å². The Balaban J connectivity index is 1.81. The van der Waals surface area contributed by atoms with Gasteiger partial charge in [-0.1, -0.05) is 12.1 Å². The van der Waals surface area contributed by atoms with E-state index in [0.717, 1.165) is 30.2 Å². The van der Waals surface area contributed by atoms with E-state index in [-0.39, 0.29) is 5.91 Å². The van der Waals surface area contributed by atoms with Crippen molar-refractivity contribution in [2.45, 2.75) is 19.8 Å². The fourth-order valence-electron chi connectivity index (χ4n) is 2.51. The fourth-order valence-corrected chi connectivity index (χ4v) is 2.51. The molecule has 108 valence electrons. The third-order valence-electron chi connectivity index (χ3n) is 3.61. The molecule has 1 amide bonds. The molecule has 1 N–H and O–H groups in total. The Bertz CT molecular complexity index is 633. The largest absolute Gasteiger partial charge is 0.370 e. The van der Waals surface area contributed by atoms with Crippen LogP contribution in [0.5, 0.6) is 0 Å². The Morgan fingerprint density at radius 1 is 1.14 bits per heavy atom. The summed E-state index contributed by atoms with van der Waals surface area (Å²) >= 11 is 0. The summed E-state index contributed by atoms with van der Waals surface area (Å²) in [6.07, 6.45) is 5.50. The van der Waals surface area contributed by atoms with Crippen LogP contribution >= 0.6 is 0 Å². The van der Waals surface area contributed by atoms with Gasteiger partial charge in [-0.3, -0.25) is 9.78 Å². The first-order valence-electron chi connectivity index (χ1n) is 7.18. The molecule has 2 aromatic rings. The fraction of sp³-hybridized carbons (Fsp3) is 0.312. The van der Waals surface area contributed by atoms with Crippen LogP contribution in [0.15, 0.2) is 36.7 Å². The number of carbonyl (C=O) groups excluding carboxylic acids is 1. The lowest BCUT2D eigenvalue weighted by atomic mass is 10.2. The molecule has 1 aliphatic rings. The summed E-state index contributed by atoms with van der Waals surface area (Å²) < 4.78 is 0. The third kappa shape index (κ3) is 3.02. The summed E-state index contributed by atoms with van der Waals surface area (Å²) in [4.78, 5) is 22.8. The van der Waals surface area contributed by atoms with Gasteiger partial charge in [0.2, 0.25) is 0 Å². The van der Waals surface area contributed by atoms with Gasteiger partial charge in [0.25, 0.3) is 5.91 Å². The average Bonchev–Trinajstić information content (AvgIpc) is 3.02. The summed E-state index contributed by atoms with van der Waals surface area (Å²) in [6.45, 7) is 3.92. The van der Waals surface area contributed by atoms with Gasteiger partial charge in [0.05, 0.1) is 23.3 Å². The summed E-state index contributed by atoms with van der Waals surface area (Å²) in [6, 6.07) is 7.89. The zero-order valence-electron chi connectivity index (χ0n) is 12.0. The van der Waals surface area contributed by atoms with Gasteiger partial charge in [0.15, 0.2) is 0 Å². The van der Waals surface area contributed by atoms with Gasteiger partial charge in [-0.05, 0) is 31.9 Å². The minimum atomic E-state index is -0.228. The van der Waals surface area contributed by atoms with Crippen molar-refractivity contribution in [1.29, 1.82) is 0 Å². The number of aromatic nitrogens is 2. The van der Waals surface area contributed by atoms with Crippen molar-refractivity contribution in [2.75, 3.05) is 23.3 Å². The number of hydrogen-bond acceptors (Lipinski definition) is 4. The second-order valence-corrected chi connectivity index (χ2v) is 5.21. The number of para-hydroxylation sites is 2. The molecule has 0 spiro atoms. The minimum absolute atomic E-state index is 0.228. The SMILES string of the molecule is Cc1cnc(C(=O)Nc2ccccc2N2CCCC2)cn1. The standard InChI is InChI=1S/C16H18N4O/c1-12-10-18-14(11-17-12)16(21)19-13-6-2-3-7-15(13)20-8-4-5-9-20/h2-3,6-7,10-11H,4-5,8-9H2,1H3,(H,19,21). The van der Waals surface area contributed by atoms with E-state index in [2.05, 4.69) is 20.2 Å². The summed E-state index contributed by atoms with van der Waals surface area (Å²) in [7, 11) is 0. The van der Waals surface area contributed by atoms with Crippen LogP contribution in [0.2, 0.25) is 0 Å². The average molecular weight is 282 g/mol. The predicted molar refractivity (Wildman–Crippen MR) is 82.6 cm³/mol. The van der Waals surface area contributed by atoms with E-state index in [1.165, 1.54) is 19.0 Å². The van der Waals surface area contributed by atoms with Gasteiger partial charge < -0.3 is 10.2 Å². The molecule has 5 heteroatoms. The van der Waals surface area contributed by atoms with Crippen molar-refractivity contribution >= 4 is 17.3 Å². The van der Waals surface area contributed by atoms with Gasteiger partial charge >= 0.3 is 0 Å². The molecule has 3 rings (SSSR count). The van der Waals surface area contributed by atoms with Crippen molar-refractivity contribution in [2.24, 2.45) is 0 Å². The van der Waals surface area contributed by atoms with Gasteiger partial charge in [-0.2, -0.15) is 0 Å². The second-order valence-electron chi connectivity index (χ2n) is 5.21. The van der Waals surface area contributed by atoms with Crippen molar-refractivity contribution in [3.63, 3.8) is 0 Å². The summed E-state index contributed by atoms with van der Waals surface area (Å²) in [5.74, 6) is -0.228. The summed E-state index contributed by atoms with van der Waals surface area (Å²) in [5, 5.41) is 2.94. The molecule has 0 radical (unpaired) electrons. The molecule has 21 heavy (non-hydrogen) atoms. The van der Waals surface area contributed by atoms with E-state index < -0.39 is 0 Å². The maximum atomic E-state index is 12.3. The quantitative estimate of drug-likeness (QED) is 0.940. The molecule has 0 atom stereocenters. The molecule has 1 saturated heterocycles. The Morgan fingerprint density at radius 3 is 2.62 bits per heavy atom. The van der Waals surface area contributed by atoms with E-state index in [9.17, 15) is 4.79 Å². The molecule has 2 heterocycles. The van der Waals surface area contributed by atoms with Crippen LogP contribution in [0.25, 0.3) is 0 Å². The van der Waals surface area contributed by atoms with Gasteiger partial charge in [0, 0.05) is 19.3 Å². The first-order chi connectivity index (χ1) is 10.2.